The second-order valence-corrected chi connectivity index (χ2v) is 8.74. The first kappa shape index (κ1) is 21.0. The van der Waals surface area contributed by atoms with Crippen LogP contribution in [0, 0.1) is 10.1 Å². The summed E-state index contributed by atoms with van der Waals surface area (Å²) in [5, 5.41) is 15.5. The van der Waals surface area contributed by atoms with Gasteiger partial charge in [-0.2, -0.15) is 9.41 Å². The molecule has 0 aromatic heterocycles. The third-order valence-electron chi connectivity index (χ3n) is 4.90. The fourth-order valence-corrected chi connectivity index (χ4v) is 4.76. The number of nitrogens with one attached hydrogen (secondary N) is 1. The molecule has 31 heavy (non-hydrogen) atoms. The summed E-state index contributed by atoms with van der Waals surface area (Å²) < 4.78 is 43.4. The molecular formula is C19H20N4O7S. The number of ether oxygens (including phenoxy) is 3. The summed E-state index contributed by atoms with van der Waals surface area (Å²) in [6.45, 7) is 2.76. The Morgan fingerprint density at radius 1 is 1.13 bits per heavy atom. The van der Waals surface area contributed by atoms with E-state index in [1.807, 2.05) is 0 Å². The number of anilines is 1. The van der Waals surface area contributed by atoms with Gasteiger partial charge in [-0.3, -0.25) is 15.5 Å². The number of hydrogen-bond donors (Lipinski definition) is 1. The predicted octanol–water partition coefficient (Wildman–Crippen LogP) is 2.18. The van der Waals surface area contributed by atoms with Crippen molar-refractivity contribution in [1.29, 1.82) is 0 Å². The zero-order valence-electron chi connectivity index (χ0n) is 16.6. The summed E-state index contributed by atoms with van der Waals surface area (Å²) in [6, 6.07) is 8.93. The van der Waals surface area contributed by atoms with Crippen LogP contribution in [0.15, 0.2) is 46.4 Å². The Bertz CT molecular complexity index is 1140. The highest BCUT2D eigenvalue weighted by Gasteiger charge is 2.30. The van der Waals surface area contributed by atoms with Crippen molar-refractivity contribution in [3.8, 4) is 11.5 Å². The van der Waals surface area contributed by atoms with Gasteiger partial charge in [-0.05, 0) is 31.2 Å². The Labute approximate surface area is 178 Å². The van der Waals surface area contributed by atoms with Gasteiger partial charge in [-0.1, -0.05) is 0 Å². The molecule has 0 bridgehead atoms. The van der Waals surface area contributed by atoms with Crippen molar-refractivity contribution in [2.75, 3.05) is 38.5 Å². The van der Waals surface area contributed by atoms with Crippen molar-refractivity contribution in [2.24, 2.45) is 5.10 Å². The van der Waals surface area contributed by atoms with E-state index in [9.17, 15) is 18.5 Å². The zero-order valence-corrected chi connectivity index (χ0v) is 17.4. The minimum atomic E-state index is -3.99. The summed E-state index contributed by atoms with van der Waals surface area (Å²) in [7, 11) is -3.99. The number of hydrazone groups is 1. The molecule has 12 heteroatoms. The number of nitrogens with zero attached hydrogens (tertiary/aromatic N) is 3. The number of nitro benzene ring substituents is 1. The molecule has 0 atom stereocenters. The average Bonchev–Trinajstić information content (AvgIpc) is 3.25. The number of hydrogen-bond acceptors (Lipinski definition) is 9. The lowest BCUT2D eigenvalue weighted by atomic mass is 10.1. The Morgan fingerprint density at radius 2 is 1.87 bits per heavy atom. The van der Waals surface area contributed by atoms with Crippen LogP contribution in [-0.4, -0.2) is 56.5 Å². The number of sulfonamides is 1. The van der Waals surface area contributed by atoms with Crippen LogP contribution in [0.1, 0.15) is 12.5 Å². The number of non-ortho nitro benzene ring substituents is 1. The first-order valence-electron chi connectivity index (χ1n) is 9.43. The van der Waals surface area contributed by atoms with E-state index in [2.05, 4.69) is 10.5 Å². The van der Waals surface area contributed by atoms with Crippen LogP contribution in [0.5, 0.6) is 11.5 Å². The Balaban J connectivity index is 1.66. The van der Waals surface area contributed by atoms with Crippen molar-refractivity contribution in [3.63, 3.8) is 0 Å². The van der Waals surface area contributed by atoms with Crippen LogP contribution in [0.3, 0.4) is 0 Å². The molecule has 1 saturated heterocycles. The van der Waals surface area contributed by atoms with Gasteiger partial charge in [0, 0.05) is 30.8 Å². The first-order valence-corrected chi connectivity index (χ1v) is 10.9. The monoisotopic (exact) mass is 448 g/mol. The Morgan fingerprint density at radius 3 is 2.61 bits per heavy atom. The topological polar surface area (TPSA) is 133 Å². The predicted molar refractivity (Wildman–Crippen MR) is 111 cm³/mol. The van der Waals surface area contributed by atoms with Crippen LogP contribution in [0.25, 0.3) is 0 Å². The molecule has 0 radical (unpaired) electrons. The molecule has 4 rings (SSSR count). The summed E-state index contributed by atoms with van der Waals surface area (Å²) in [4.78, 5) is 10.4. The summed E-state index contributed by atoms with van der Waals surface area (Å²) >= 11 is 0. The zero-order chi connectivity index (χ0) is 22.0. The average molecular weight is 448 g/mol. The molecule has 2 heterocycles. The quantitative estimate of drug-likeness (QED) is 0.404. The van der Waals surface area contributed by atoms with Gasteiger partial charge in [-0.25, -0.2) is 8.42 Å². The molecule has 2 aliphatic heterocycles. The lowest BCUT2D eigenvalue weighted by Crippen LogP contribution is -2.40. The smallest absolute Gasteiger partial charge is 0.270 e. The highest BCUT2D eigenvalue weighted by molar-refractivity contribution is 7.89. The summed E-state index contributed by atoms with van der Waals surface area (Å²) in [6.07, 6.45) is 0. The van der Waals surface area contributed by atoms with E-state index < -0.39 is 14.9 Å². The normalized spacial score (nSPS) is 16.9. The number of benzene rings is 2. The molecule has 0 amide bonds. The van der Waals surface area contributed by atoms with E-state index in [0.29, 0.717) is 17.2 Å². The van der Waals surface area contributed by atoms with E-state index in [-0.39, 0.29) is 49.4 Å². The van der Waals surface area contributed by atoms with E-state index in [4.69, 9.17) is 14.2 Å². The SMILES string of the molecule is CC(=NNc1ccc([N+](=O)[O-])cc1S(=O)(=O)N1CCOCC1)c1ccc2c(c1)OCO2. The van der Waals surface area contributed by atoms with Gasteiger partial charge < -0.3 is 14.2 Å². The fraction of sp³-hybridized carbons (Fsp3) is 0.316. The largest absolute Gasteiger partial charge is 0.454 e. The standard InChI is InChI=1S/C19H20N4O7S/c1-13(14-2-5-17-18(10-14)30-12-29-17)20-21-16-4-3-15(23(24)25)11-19(16)31(26,27)22-6-8-28-9-7-22/h2-5,10-11,21H,6-9,12H2,1H3. The molecule has 1 fully saturated rings. The van der Waals surface area contributed by atoms with Gasteiger partial charge in [0.1, 0.15) is 4.90 Å². The lowest BCUT2D eigenvalue weighted by molar-refractivity contribution is -0.385. The van der Waals surface area contributed by atoms with Gasteiger partial charge in [0.05, 0.1) is 29.5 Å². The van der Waals surface area contributed by atoms with E-state index in [0.717, 1.165) is 11.6 Å². The highest BCUT2D eigenvalue weighted by Crippen LogP contribution is 2.33. The third kappa shape index (κ3) is 4.31. The second kappa shape index (κ2) is 8.49. The Hall–Kier alpha value is -3.22. The molecule has 0 unspecified atom stereocenters. The van der Waals surface area contributed by atoms with Crippen LogP contribution >= 0.6 is 0 Å². The summed E-state index contributed by atoms with van der Waals surface area (Å²) in [5.74, 6) is 1.23. The van der Waals surface area contributed by atoms with Crippen LogP contribution in [0.2, 0.25) is 0 Å². The molecule has 0 spiro atoms. The third-order valence-corrected chi connectivity index (χ3v) is 6.84. The number of nitro groups is 1. The minimum Gasteiger partial charge on any atom is -0.454 e. The van der Waals surface area contributed by atoms with E-state index in [1.165, 1.54) is 16.4 Å². The first-order chi connectivity index (χ1) is 14.9. The van der Waals surface area contributed by atoms with Crippen molar-refractivity contribution >= 4 is 27.1 Å². The molecule has 2 aromatic rings. The van der Waals surface area contributed by atoms with Gasteiger partial charge in [-0.15, -0.1) is 0 Å². The van der Waals surface area contributed by atoms with Gasteiger partial charge in [0.2, 0.25) is 16.8 Å². The van der Waals surface area contributed by atoms with Gasteiger partial charge >= 0.3 is 0 Å². The molecule has 164 valence electrons. The molecule has 0 saturated carbocycles. The van der Waals surface area contributed by atoms with Crippen LogP contribution < -0.4 is 14.9 Å². The molecule has 1 N–H and O–H groups in total. The highest BCUT2D eigenvalue weighted by atomic mass is 32.2. The number of morpholine rings is 1. The molecule has 11 nitrogen and oxygen atoms in total. The van der Waals surface area contributed by atoms with Gasteiger partial charge in [0.15, 0.2) is 11.5 Å². The van der Waals surface area contributed by atoms with Crippen molar-refractivity contribution in [3.05, 3.63) is 52.1 Å². The molecular weight excluding hydrogens is 428 g/mol. The molecule has 2 aliphatic rings. The van der Waals surface area contributed by atoms with Crippen molar-refractivity contribution < 1.29 is 27.6 Å². The maximum absolute atomic E-state index is 13.2. The maximum Gasteiger partial charge on any atom is 0.270 e. The number of rotatable bonds is 6. The van der Waals surface area contributed by atoms with Crippen molar-refractivity contribution in [1.82, 2.24) is 4.31 Å². The molecule has 0 aliphatic carbocycles. The van der Waals surface area contributed by atoms with E-state index >= 15 is 0 Å². The van der Waals surface area contributed by atoms with Gasteiger partial charge in [0.25, 0.3) is 5.69 Å². The minimum absolute atomic E-state index is 0.136. The maximum atomic E-state index is 13.2. The van der Waals surface area contributed by atoms with E-state index in [1.54, 1.807) is 25.1 Å². The van der Waals surface area contributed by atoms with Crippen LogP contribution in [0.4, 0.5) is 11.4 Å². The second-order valence-electron chi connectivity index (χ2n) is 6.83. The molecule has 2 aromatic carbocycles. The van der Waals surface area contributed by atoms with Crippen LogP contribution in [-0.2, 0) is 14.8 Å². The van der Waals surface area contributed by atoms with Crippen molar-refractivity contribution in [2.45, 2.75) is 11.8 Å². The lowest BCUT2D eigenvalue weighted by Gasteiger charge is -2.26. The Kier molecular flexibility index (Phi) is 5.76. The summed E-state index contributed by atoms with van der Waals surface area (Å²) in [5.41, 5.74) is 3.87. The fourth-order valence-electron chi connectivity index (χ4n) is 3.19. The number of fused-ring (bicyclic) bond motifs is 1.